The second-order valence-electron chi connectivity index (χ2n) is 5.61. The maximum absolute atomic E-state index is 13.0. The SMILES string of the molecule is O=[N+]([O-])c1ccc(-c2nnc(SCc3cc([N+](=O)[O-])cc(C(F)(F)F)c3)s2)cc1. The first-order valence-electron chi connectivity index (χ1n) is 7.70. The normalized spacial score (nSPS) is 11.4. The number of nitrogens with zero attached hydrogens (tertiary/aromatic N) is 4. The largest absolute Gasteiger partial charge is 0.416 e. The van der Waals surface area contributed by atoms with Gasteiger partial charge in [0, 0.05) is 35.6 Å². The average Bonchev–Trinajstić information content (AvgIpc) is 3.14. The van der Waals surface area contributed by atoms with Gasteiger partial charge in [-0.05, 0) is 23.8 Å². The van der Waals surface area contributed by atoms with E-state index in [2.05, 4.69) is 10.2 Å². The van der Waals surface area contributed by atoms with Crippen molar-refractivity contribution in [3.8, 4) is 10.6 Å². The van der Waals surface area contributed by atoms with Gasteiger partial charge in [0.25, 0.3) is 11.4 Å². The fourth-order valence-corrected chi connectivity index (χ4v) is 4.07. The highest BCUT2D eigenvalue weighted by molar-refractivity contribution is 8.00. The Bertz CT molecular complexity index is 1070. The third-order valence-electron chi connectivity index (χ3n) is 3.61. The summed E-state index contributed by atoms with van der Waals surface area (Å²) in [5.41, 5.74) is -1.07. The van der Waals surface area contributed by atoms with E-state index >= 15 is 0 Å². The first kappa shape index (κ1) is 20.7. The maximum Gasteiger partial charge on any atom is 0.416 e. The number of benzene rings is 2. The zero-order valence-corrected chi connectivity index (χ0v) is 15.8. The van der Waals surface area contributed by atoms with Gasteiger partial charge in [0.15, 0.2) is 4.34 Å². The van der Waals surface area contributed by atoms with Crippen molar-refractivity contribution < 1.29 is 23.0 Å². The molecule has 0 unspecified atom stereocenters. The first-order chi connectivity index (χ1) is 13.6. The molecule has 1 heterocycles. The van der Waals surface area contributed by atoms with Crippen LogP contribution in [0, 0.1) is 20.2 Å². The Labute approximate surface area is 168 Å². The summed E-state index contributed by atoms with van der Waals surface area (Å²) in [6, 6.07) is 8.12. The Morgan fingerprint density at radius 2 is 1.62 bits per heavy atom. The molecule has 0 aliphatic rings. The van der Waals surface area contributed by atoms with E-state index in [1.165, 1.54) is 24.3 Å². The van der Waals surface area contributed by atoms with E-state index in [1.807, 2.05) is 0 Å². The van der Waals surface area contributed by atoms with Crippen LogP contribution >= 0.6 is 23.1 Å². The van der Waals surface area contributed by atoms with E-state index in [9.17, 15) is 33.4 Å². The number of aromatic nitrogens is 2. The molecule has 0 saturated carbocycles. The molecule has 0 amide bonds. The summed E-state index contributed by atoms with van der Waals surface area (Å²) < 4.78 is 39.3. The topological polar surface area (TPSA) is 112 Å². The fourth-order valence-electron chi connectivity index (χ4n) is 2.28. The lowest BCUT2D eigenvalue weighted by Crippen LogP contribution is -2.06. The van der Waals surface area contributed by atoms with Gasteiger partial charge >= 0.3 is 6.18 Å². The number of non-ortho nitro benzene ring substituents is 2. The van der Waals surface area contributed by atoms with Gasteiger partial charge in [-0.2, -0.15) is 13.2 Å². The lowest BCUT2D eigenvalue weighted by Gasteiger charge is -2.08. The van der Waals surface area contributed by atoms with Gasteiger partial charge in [0.2, 0.25) is 0 Å². The molecule has 3 rings (SSSR count). The Kier molecular flexibility index (Phi) is 5.79. The second-order valence-corrected chi connectivity index (χ2v) is 7.81. The van der Waals surface area contributed by atoms with Crippen molar-refractivity contribution in [2.24, 2.45) is 0 Å². The first-order valence-corrected chi connectivity index (χ1v) is 9.50. The van der Waals surface area contributed by atoms with Crippen LogP contribution in [0.3, 0.4) is 0 Å². The molecule has 2 aromatic carbocycles. The third-order valence-corrected chi connectivity index (χ3v) is 5.79. The molecule has 0 aliphatic heterocycles. The Morgan fingerprint density at radius 3 is 2.21 bits per heavy atom. The minimum atomic E-state index is -4.70. The van der Waals surface area contributed by atoms with Crippen molar-refractivity contribution in [2.45, 2.75) is 16.3 Å². The minimum Gasteiger partial charge on any atom is -0.258 e. The summed E-state index contributed by atoms with van der Waals surface area (Å²) in [6.07, 6.45) is -4.70. The zero-order chi connectivity index (χ0) is 21.2. The van der Waals surface area contributed by atoms with Crippen molar-refractivity contribution in [1.82, 2.24) is 10.2 Å². The van der Waals surface area contributed by atoms with Crippen LogP contribution in [-0.4, -0.2) is 20.0 Å². The monoisotopic (exact) mass is 442 g/mol. The van der Waals surface area contributed by atoms with Crippen molar-refractivity contribution in [3.05, 3.63) is 73.8 Å². The standard InChI is InChI=1S/C16H9F3N4O4S2/c17-16(18,19)11-5-9(6-13(7-11)23(26)27)8-28-15-21-20-14(29-15)10-1-3-12(4-2-10)22(24)25/h1-7H,8H2. The predicted octanol–water partition coefficient (Wildman–Crippen LogP) is 5.33. The van der Waals surface area contributed by atoms with Gasteiger partial charge in [0.1, 0.15) is 5.01 Å². The number of alkyl halides is 3. The molecule has 0 bridgehead atoms. The number of hydrogen-bond acceptors (Lipinski definition) is 8. The van der Waals surface area contributed by atoms with Crippen LogP contribution in [0.15, 0.2) is 46.8 Å². The molecule has 0 aliphatic carbocycles. The lowest BCUT2D eigenvalue weighted by atomic mass is 10.1. The molecule has 150 valence electrons. The van der Waals surface area contributed by atoms with E-state index in [4.69, 9.17) is 0 Å². The molecule has 0 N–H and O–H groups in total. The molecule has 0 spiro atoms. The highest BCUT2D eigenvalue weighted by Gasteiger charge is 2.32. The summed E-state index contributed by atoms with van der Waals surface area (Å²) in [5.74, 6) is 0.0274. The molecule has 0 atom stereocenters. The number of hydrogen-bond donors (Lipinski definition) is 0. The molecule has 8 nitrogen and oxygen atoms in total. The number of nitro groups is 2. The Hall–Kier alpha value is -3.06. The van der Waals surface area contributed by atoms with E-state index in [0.29, 0.717) is 21.0 Å². The van der Waals surface area contributed by atoms with Gasteiger partial charge < -0.3 is 0 Å². The number of thioether (sulfide) groups is 1. The summed E-state index contributed by atoms with van der Waals surface area (Å²) >= 11 is 2.24. The van der Waals surface area contributed by atoms with Gasteiger partial charge in [-0.1, -0.05) is 23.1 Å². The summed E-state index contributed by atoms with van der Waals surface area (Å²) in [4.78, 5) is 20.2. The fraction of sp³-hybridized carbons (Fsp3) is 0.125. The molecule has 1 aromatic heterocycles. The quantitative estimate of drug-likeness (QED) is 0.288. The van der Waals surface area contributed by atoms with E-state index < -0.39 is 27.3 Å². The molecule has 0 fully saturated rings. The van der Waals surface area contributed by atoms with Crippen LogP contribution in [0.1, 0.15) is 11.1 Å². The van der Waals surface area contributed by atoms with Crippen LogP contribution in [0.25, 0.3) is 10.6 Å². The number of rotatable bonds is 6. The molecule has 0 radical (unpaired) electrons. The zero-order valence-electron chi connectivity index (χ0n) is 14.1. The smallest absolute Gasteiger partial charge is 0.258 e. The molecule has 0 saturated heterocycles. The second kappa shape index (κ2) is 8.13. The molecule has 29 heavy (non-hydrogen) atoms. The van der Waals surface area contributed by atoms with Crippen LogP contribution in [-0.2, 0) is 11.9 Å². The number of nitro benzene ring substituents is 2. The lowest BCUT2D eigenvalue weighted by molar-refractivity contribution is -0.385. The van der Waals surface area contributed by atoms with Crippen molar-refractivity contribution in [1.29, 1.82) is 0 Å². The average molecular weight is 442 g/mol. The van der Waals surface area contributed by atoms with Gasteiger partial charge in [-0.15, -0.1) is 10.2 Å². The van der Waals surface area contributed by atoms with Crippen molar-refractivity contribution in [2.75, 3.05) is 0 Å². The molecular formula is C16H9F3N4O4S2. The van der Waals surface area contributed by atoms with Crippen molar-refractivity contribution >= 4 is 34.5 Å². The van der Waals surface area contributed by atoms with Gasteiger partial charge in [-0.3, -0.25) is 20.2 Å². The predicted molar refractivity (Wildman–Crippen MR) is 99.7 cm³/mol. The van der Waals surface area contributed by atoms with E-state index in [1.54, 1.807) is 0 Å². The van der Waals surface area contributed by atoms with Crippen LogP contribution in [0.2, 0.25) is 0 Å². The Balaban J connectivity index is 1.76. The minimum absolute atomic E-state index is 0.0274. The molecule has 3 aromatic rings. The van der Waals surface area contributed by atoms with E-state index in [0.717, 1.165) is 35.2 Å². The molecular weight excluding hydrogens is 433 g/mol. The van der Waals surface area contributed by atoms with Crippen LogP contribution < -0.4 is 0 Å². The highest BCUT2D eigenvalue weighted by atomic mass is 32.2. The van der Waals surface area contributed by atoms with Gasteiger partial charge in [0.05, 0.1) is 15.4 Å². The Morgan fingerprint density at radius 1 is 0.966 bits per heavy atom. The van der Waals surface area contributed by atoms with Crippen LogP contribution in [0.5, 0.6) is 0 Å². The molecule has 13 heteroatoms. The van der Waals surface area contributed by atoms with Gasteiger partial charge in [-0.25, -0.2) is 0 Å². The third kappa shape index (κ3) is 5.06. The summed E-state index contributed by atoms with van der Waals surface area (Å²) in [6.45, 7) is 0. The van der Waals surface area contributed by atoms with E-state index in [-0.39, 0.29) is 17.0 Å². The number of halogens is 3. The highest BCUT2D eigenvalue weighted by Crippen LogP contribution is 2.36. The summed E-state index contributed by atoms with van der Waals surface area (Å²) in [5, 5.41) is 30.0. The van der Waals surface area contributed by atoms with Crippen molar-refractivity contribution in [3.63, 3.8) is 0 Å². The maximum atomic E-state index is 13.0. The summed E-state index contributed by atoms with van der Waals surface area (Å²) in [7, 11) is 0. The van der Waals surface area contributed by atoms with Crippen LogP contribution in [0.4, 0.5) is 24.5 Å².